The number of aromatic nitrogens is 1. The van der Waals surface area contributed by atoms with Crippen molar-refractivity contribution in [3.05, 3.63) is 64.8 Å². The van der Waals surface area contributed by atoms with Gasteiger partial charge in [-0.1, -0.05) is 0 Å². The van der Waals surface area contributed by atoms with Crippen LogP contribution in [-0.4, -0.2) is 16.8 Å². The molecule has 3 aromatic rings. The highest BCUT2D eigenvalue weighted by Crippen LogP contribution is 2.31. The van der Waals surface area contributed by atoms with E-state index in [2.05, 4.69) is 15.6 Å². The molecule has 0 aliphatic heterocycles. The Morgan fingerprint density at radius 1 is 1.15 bits per heavy atom. The van der Waals surface area contributed by atoms with Crippen molar-refractivity contribution in [2.24, 2.45) is 0 Å². The molecule has 27 heavy (non-hydrogen) atoms. The number of benzene rings is 2. The largest absolute Gasteiger partial charge is 0.326 e. The van der Waals surface area contributed by atoms with Crippen LogP contribution in [0.1, 0.15) is 22.8 Å². The number of halogens is 1. The highest BCUT2D eigenvalue weighted by atomic mass is 32.1. The van der Waals surface area contributed by atoms with E-state index < -0.39 is 5.82 Å². The number of carbonyl (C=O) groups excluding carboxylic acids is 2. The maximum atomic E-state index is 13.5. The summed E-state index contributed by atoms with van der Waals surface area (Å²) in [5, 5.41) is 16.1. The zero-order chi connectivity index (χ0) is 19.4. The zero-order valence-electron chi connectivity index (χ0n) is 14.1. The second kappa shape index (κ2) is 7.76. The summed E-state index contributed by atoms with van der Waals surface area (Å²) in [5.41, 5.74) is 2.20. The second-order valence-corrected chi connectivity index (χ2v) is 6.41. The minimum atomic E-state index is -0.480. The number of rotatable bonds is 4. The first-order valence-electron chi connectivity index (χ1n) is 7.81. The van der Waals surface area contributed by atoms with Gasteiger partial charge in [0, 0.05) is 23.4 Å². The summed E-state index contributed by atoms with van der Waals surface area (Å²) in [6.45, 7) is 1.33. The fourth-order valence-corrected chi connectivity index (χ4v) is 3.06. The number of nitrogens with one attached hydrogen (secondary N) is 2. The number of nitrogens with zero attached hydrogens (tertiary/aromatic N) is 2. The Kier molecular flexibility index (Phi) is 5.24. The van der Waals surface area contributed by atoms with Crippen molar-refractivity contribution in [3.8, 4) is 17.3 Å². The molecule has 1 aromatic heterocycles. The third-order valence-corrected chi connectivity index (χ3v) is 4.33. The zero-order valence-corrected chi connectivity index (χ0v) is 14.9. The van der Waals surface area contributed by atoms with Gasteiger partial charge in [-0.2, -0.15) is 5.26 Å². The number of carbonyl (C=O) groups is 2. The van der Waals surface area contributed by atoms with Crippen LogP contribution in [0.25, 0.3) is 11.3 Å². The van der Waals surface area contributed by atoms with Gasteiger partial charge >= 0.3 is 0 Å². The average molecular weight is 380 g/mol. The molecule has 0 atom stereocenters. The van der Waals surface area contributed by atoms with E-state index in [0.717, 1.165) is 0 Å². The number of nitriles is 1. The predicted octanol–water partition coefficient (Wildman–Crippen LogP) is 4.03. The Labute approximate surface area is 158 Å². The van der Waals surface area contributed by atoms with E-state index in [4.69, 9.17) is 5.26 Å². The highest BCUT2D eigenvalue weighted by Gasteiger charge is 2.14. The number of anilines is 2. The molecule has 6 nitrogen and oxygen atoms in total. The molecular formula is C19H13FN4O2S. The molecule has 2 amide bonds. The van der Waals surface area contributed by atoms with Crippen LogP contribution in [-0.2, 0) is 4.79 Å². The minimum absolute atomic E-state index is 0.303. The molecule has 0 fully saturated rings. The first-order valence-corrected chi connectivity index (χ1v) is 8.69. The van der Waals surface area contributed by atoms with Crippen LogP contribution in [0.15, 0.2) is 47.8 Å². The molecular weight excluding hydrogens is 367 g/mol. The molecule has 0 radical (unpaired) electrons. The summed E-state index contributed by atoms with van der Waals surface area (Å²) in [6, 6.07) is 12.2. The normalized spacial score (nSPS) is 10.1. The monoisotopic (exact) mass is 380 g/mol. The molecule has 0 spiro atoms. The lowest BCUT2D eigenvalue weighted by atomic mass is 10.1. The van der Waals surface area contributed by atoms with Gasteiger partial charge in [-0.05, 0) is 42.5 Å². The van der Waals surface area contributed by atoms with Gasteiger partial charge in [0.05, 0.1) is 23.0 Å². The predicted molar refractivity (Wildman–Crippen MR) is 101 cm³/mol. The molecule has 134 valence electrons. The van der Waals surface area contributed by atoms with Gasteiger partial charge in [0.15, 0.2) is 5.13 Å². The van der Waals surface area contributed by atoms with Crippen molar-refractivity contribution in [2.75, 3.05) is 10.6 Å². The Morgan fingerprint density at radius 2 is 1.89 bits per heavy atom. The van der Waals surface area contributed by atoms with Crippen molar-refractivity contribution >= 4 is 34.0 Å². The standard InChI is InChI=1S/C19H13FN4O2S/c1-11(25)22-16-8-14(20)6-7-15(16)17-10-27-19(23-17)24-18(26)13-4-2-12(9-21)3-5-13/h2-8,10H,1H3,(H,22,25)(H,23,24,26). The maximum Gasteiger partial charge on any atom is 0.257 e. The molecule has 0 bridgehead atoms. The smallest absolute Gasteiger partial charge is 0.257 e. The van der Waals surface area contributed by atoms with Crippen LogP contribution in [0.2, 0.25) is 0 Å². The van der Waals surface area contributed by atoms with Crippen LogP contribution in [0.4, 0.5) is 15.2 Å². The minimum Gasteiger partial charge on any atom is -0.326 e. The first kappa shape index (κ1) is 18.2. The molecule has 8 heteroatoms. The van der Waals surface area contributed by atoms with E-state index in [0.29, 0.717) is 33.2 Å². The van der Waals surface area contributed by atoms with Gasteiger partial charge in [0.2, 0.25) is 5.91 Å². The molecule has 2 N–H and O–H groups in total. The molecule has 0 aliphatic carbocycles. The van der Waals surface area contributed by atoms with Crippen molar-refractivity contribution in [2.45, 2.75) is 6.92 Å². The van der Waals surface area contributed by atoms with Crippen molar-refractivity contribution in [1.29, 1.82) is 5.26 Å². The third kappa shape index (κ3) is 4.34. The average Bonchev–Trinajstić information content (AvgIpc) is 3.09. The summed E-state index contributed by atoms with van der Waals surface area (Å²) in [5.74, 6) is -1.17. The summed E-state index contributed by atoms with van der Waals surface area (Å²) in [6.07, 6.45) is 0. The van der Waals surface area contributed by atoms with E-state index in [1.54, 1.807) is 29.6 Å². The molecule has 0 unspecified atom stereocenters. The highest BCUT2D eigenvalue weighted by molar-refractivity contribution is 7.14. The molecule has 3 rings (SSSR count). The molecule has 1 heterocycles. The van der Waals surface area contributed by atoms with Crippen molar-refractivity contribution < 1.29 is 14.0 Å². The Hall–Kier alpha value is -3.57. The Balaban J connectivity index is 1.81. The van der Waals surface area contributed by atoms with Gasteiger partial charge in [-0.15, -0.1) is 11.3 Å². The second-order valence-electron chi connectivity index (χ2n) is 5.55. The maximum absolute atomic E-state index is 13.5. The lowest BCUT2D eigenvalue weighted by Gasteiger charge is -2.08. The quantitative estimate of drug-likeness (QED) is 0.714. The van der Waals surface area contributed by atoms with E-state index in [1.807, 2.05) is 6.07 Å². The molecule has 0 saturated heterocycles. The van der Waals surface area contributed by atoms with Crippen molar-refractivity contribution in [1.82, 2.24) is 4.98 Å². The van der Waals surface area contributed by atoms with E-state index in [-0.39, 0.29) is 11.8 Å². The van der Waals surface area contributed by atoms with Crippen LogP contribution in [0.5, 0.6) is 0 Å². The molecule has 2 aromatic carbocycles. The summed E-state index contributed by atoms with van der Waals surface area (Å²) < 4.78 is 13.5. The molecule has 0 aliphatic rings. The summed E-state index contributed by atoms with van der Waals surface area (Å²) >= 11 is 1.20. The fourth-order valence-electron chi connectivity index (χ4n) is 2.35. The van der Waals surface area contributed by atoms with E-state index >= 15 is 0 Å². The van der Waals surface area contributed by atoms with Gasteiger partial charge in [0.1, 0.15) is 5.82 Å². The number of thiazole rings is 1. The van der Waals surface area contributed by atoms with Crippen molar-refractivity contribution in [3.63, 3.8) is 0 Å². The number of hydrogen-bond acceptors (Lipinski definition) is 5. The SMILES string of the molecule is CC(=O)Nc1cc(F)ccc1-c1csc(NC(=O)c2ccc(C#N)cc2)n1. The molecule has 0 saturated carbocycles. The van der Waals surface area contributed by atoms with Gasteiger partial charge < -0.3 is 5.32 Å². The lowest BCUT2D eigenvalue weighted by Crippen LogP contribution is -2.11. The van der Waals surface area contributed by atoms with Gasteiger partial charge in [-0.3, -0.25) is 14.9 Å². The summed E-state index contributed by atoms with van der Waals surface area (Å²) in [7, 11) is 0. The fraction of sp³-hybridized carbons (Fsp3) is 0.0526. The first-order chi connectivity index (χ1) is 13.0. The third-order valence-electron chi connectivity index (χ3n) is 3.57. The lowest BCUT2D eigenvalue weighted by molar-refractivity contribution is -0.114. The van der Waals surface area contributed by atoms with Crippen LogP contribution < -0.4 is 10.6 Å². The van der Waals surface area contributed by atoms with Crippen LogP contribution in [0, 0.1) is 17.1 Å². The van der Waals surface area contributed by atoms with Gasteiger partial charge in [-0.25, -0.2) is 9.37 Å². The summed E-state index contributed by atoms with van der Waals surface area (Å²) in [4.78, 5) is 28.0. The van der Waals surface area contributed by atoms with Gasteiger partial charge in [0.25, 0.3) is 5.91 Å². The number of hydrogen-bond donors (Lipinski definition) is 2. The van der Waals surface area contributed by atoms with E-state index in [1.165, 1.54) is 36.5 Å². The van der Waals surface area contributed by atoms with Crippen LogP contribution in [0.3, 0.4) is 0 Å². The Morgan fingerprint density at radius 3 is 2.56 bits per heavy atom. The number of amides is 2. The van der Waals surface area contributed by atoms with E-state index in [9.17, 15) is 14.0 Å². The topological polar surface area (TPSA) is 94.9 Å². The van der Waals surface area contributed by atoms with Crippen LogP contribution >= 0.6 is 11.3 Å². The Bertz CT molecular complexity index is 1050.